The molecule has 2 aromatic carbocycles. The van der Waals surface area contributed by atoms with E-state index in [1.807, 2.05) is 24.3 Å². The molecule has 0 heterocycles. The Labute approximate surface area is 150 Å². The van der Waals surface area contributed by atoms with Gasteiger partial charge >= 0.3 is 6.03 Å². The van der Waals surface area contributed by atoms with Crippen molar-refractivity contribution < 1.29 is 14.3 Å². The minimum atomic E-state index is -0.333. The lowest BCUT2D eigenvalue weighted by atomic mass is 10.1. The van der Waals surface area contributed by atoms with Gasteiger partial charge in [-0.2, -0.15) is 0 Å². The number of carbonyl (C=O) groups is 1. The van der Waals surface area contributed by atoms with E-state index in [9.17, 15) is 4.79 Å². The van der Waals surface area contributed by atoms with Gasteiger partial charge in [0.25, 0.3) is 0 Å². The summed E-state index contributed by atoms with van der Waals surface area (Å²) in [5.41, 5.74) is 1.60. The maximum atomic E-state index is 11.9. The van der Waals surface area contributed by atoms with E-state index < -0.39 is 0 Å². The first-order chi connectivity index (χ1) is 11.5. The zero-order chi connectivity index (χ0) is 17.5. The summed E-state index contributed by atoms with van der Waals surface area (Å²) in [6.45, 7) is 0.496. The molecule has 0 saturated carbocycles. The Morgan fingerprint density at radius 2 is 1.67 bits per heavy atom. The molecule has 0 unspecified atom stereocenters. The standard InChI is InChI=1S/C17H18Cl2N2O3/c1-23-13-5-3-11(4-6-13)7-8-20-17(22)21-12-9-14(18)16(24-2)15(19)10-12/h3-6,9-10H,7-8H2,1-2H3,(H2,20,21,22). The van der Waals surface area contributed by atoms with Gasteiger partial charge in [0.05, 0.1) is 24.3 Å². The van der Waals surface area contributed by atoms with Crippen LogP contribution in [0.25, 0.3) is 0 Å². The zero-order valence-electron chi connectivity index (χ0n) is 13.4. The van der Waals surface area contributed by atoms with Crippen molar-refractivity contribution in [3.05, 3.63) is 52.0 Å². The van der Waals surface area contributed by atoms with Gasteiger partial charge in [0.1, 0.15) is 5.75 Å². The summed E-state index contributed by atoms with van der Waals surface area (Å²) < 4.78 is 10.2. The number of hydrogen-bond donors (Lipinski definition) is 2. The van der Waals surface area contributed by atoms with Gasteiger partial charge in [0.2, 0.25) is 0 Å². The third kappa shape index (κ3) is 4.94. The first-order valence-corrected chi connectivity index (χ1v) is 8.00. The Morgan fingerprint density at radius 3 is 2.21 bits per heavy atom. The van der Waals surface area contributed by atoms with Gasteiger partial charge in [-0.25, -0.2) is 4.79 Å². The second kappa shape index (κ2) is 8.66. The number of carbonyl (C=O) groups excluding carboxylic acids is 1. The van der Waals surface area contributed by atoms with E-state index in [0.29, 0.717) is 34.4 Å². The molecule has 2 amide bonds. The predicted octanol–water partition coefficient (Wildman–Crippen LogP) is 4.37. The lowest BCUT2D eigenvalue weighted by Gasteiger charge is -2.11. The maximum Gasteiger partial charge on any atom is 0.319 e. The number of rotatable bonds is 6. The predicted molar refractivity (Wildman–Crippen MR) is 96.7 cm³/mol. The van der Waals surface area contributed by atoms with E-state index in [-0.39, 0.29) is 6.03 Å². The molecule has 0 saturated heterocycles. The summed E-state index contributed by atoms with van der Waals surface area (Å²) in [5.74, 6) is 1.18. The number of urea groups is 1. The fourth-order valence-electron chi connectivity index (χ4n) is 2.11. The molecule has 128 valence electrons. The Balaban J connectivity index is 1.84. The van der Waals surface area contributed by atoms with Crippen molar-refractivity contribution in [2.75, 3.05) is 26.1 Å². The van der Waals surface area contributed by atoms with Gasteiger partial charge in [-0.3, -0.25) is 0 Å². The van der Waals surface area contributed by atoms with Crippen LogP contribution in [0.4, 0.5) is 10.5 Å². The topological polar surface area (TPSA) is 59.6 Å². The molecule has 0 aliphatic heterocycles. The Bertz CT molecular complexity index is 682. The molecule has 2 aromatic rings. The maximum absolute atomic E-state index is 11.9. The summed E-state index contributed by atoms with van der Waals surface area (Å²) >= 11 is 12.1. The van der Waals surface area contributed by atoms with Crippen molar-refractivity contribution in [1.29, 1.82) is 0 Å². The van der Waals surface area contributed by atoms with Gasteiger partial charge in [0.15, 0.2) is 5.75 Å². The van der Waals surface area contributed by atoms with Crippen LogP contribution in [0.1, 0.15) is 5.56 Å². The molecule has 0 aliphatic carbocycles. The Morgan fingerprint density at radius 1 is 1.04 bits per heavy atom. The minimum Gasteiger partial charge on any atom is -0.497 e. The van der Waals surface area contributed by atoms with Crippen LogP contribution in [0.5, 0.6) is 11.5 Å². The molecule has 0 bridgehead atoms. The normalized spacial score (nSPS) is 10.2. The van der Waals surface area contributed by atoms with E-state index in [4.69, 9.17) is 32.7 Å². The second-order valence-electron chi connectivity index (χ2n) is 4.95. The first kappa shape index (κ1) is 18.2. The quantitative estimate of drug-likeness (QED) is 0.795. The number of halogens is 2. The van der Waals surface area contributed by atoms with E-state index in [0.717, 1.165) is 11.3 Å². The molecular formula is C17H18Cl2N2O3. The number of ether oxygens (including phenoxy) is 2. The van der Waals surface area contributed by atoms with Crippen molar-refractivity contribution in [1.82, 2.24) is 5.32 Å². The highest BCUT2D eigenvalue weighted by Gasteiger charge is 2.10. The van der Waals surface area contributed by atoms with Gasteiger partial charge in [0, 0.05) is 12.2 Å². The van der Waals surface area contributed by atoms with Gasteiger partial charge in [-0.15, -0.1) is 0 Å². The van der Waals surface area contributed by atoms with Crippen LogP contribution in [0.15, 0.2) is 36.4 Å². The number of amides is 2. The van der Waals surface area contributed by atoms with E-state index in [1.54, 1.807) is 19.2 Å². The molecule has 2 rings (SSSR count). The third-order valence-electron chi connectivity index (χ3n) is 3.32. The fraction of sp³-hybridized carbons (Fsp3) is 0.235. The summed E-state index contributed by atoms with van der Waals surface area (Å²) in [6, 6.07) is 10.5. The van der Waals surface area contributed by atoms with Gasteiger partial charge in [-0.05, 0) is 36.2 Å². The number of nitrogens with one attached hydrogen (secondary N) is 2. The Hall–Kier alpha value is -2.11. The number of anilines is 1. The highest BCUT2D eigenvalue weighted by molar-refractivity contribution is 6.37. The molecule has 5 nitrogen and oxygen atoms in total. The zero-order valence-corrected chi connectivity index (χ0v) is 14.9. The van der Waals surface area contributed by atoms with Crippen LogP contribution in [-0.2, 0) is 6.42 Å². The number of methoxy groups -OCH3 is 2. The second-order valence-corrected chi connectivity index (χ2v) is 5.77. The van der Waals surface area contributed by atoms with Gasteiger partial charge < -0.3 is 20.1 Å². The van der Waals surface area contributed by atoms with Crippen molar-refractivity contribution in [2.45, 2.75) is 6.42 Å². The SMILES string of the molecule is COc1ccc(CCNC(=O)Nc2cc(Cl)c(OC)c(Cl)c2)cc1. The van der Waals surface area contributed by atoms with Gasteiger partial charge in [-0.1, -0.05) is 35.3 Å². The summed E-state index contributed by atoms with van der Waals surface area (Å²) in [4.78, 5) is 11.9. The van der Waals surface area contributed by atoms with Crippen LogP contribution in [0, 0.1) is 0 Å². The molecule has 0 spiro atoms. The lowest BCUT2D eigenvalue weighted by molar-refractivity contribution is 0.252. The monoisotopic (exact) mass is 368 g/mol. The van der Waals surface area contributed by atoms with Crippen molar-refractivity contribution in [3.8, 4) is 11.5 Å². The highest BCUT2D eigenvalue weighted by Crippen LogP contribution is 2.35. The van der Waals surface area contributed by atoms with Crippen LogP contribution >= 0.6 is 23.2 Å². The molecule has 0 fully saturated rings. The largest absolute Gasteiger partial charge is 0.497 e. The minimum absolute atomic E-state index is 0.332. The molecule has 0 radical (unpaired) electrons. The molecular weight excluding hydrogens is 351 g/mol. The molecule has 7 heteroatoms. The van der Waals surface area contributed by atoms with Crippen LogP contribution < -0.4 is 20.1 Å². The highest BCUT2D eigenvalue weighted by atomic mass is 35.5. The summed E-state index contributed by atoms with van der Waals surface area (Å²) in [7, 11) is 3.10. The average Bonchev–Trinajstić information content (AvgIpc) is 2.55. The molecule has 0 atom stereocenters. The van der Waals surface area contributed by atoms with Crippen molar-refractivity contribution >= 4 is 34.9 Å². The number of hydrogen-bond acceptors (Lipinski definition) is 3. The van der Waals surface area contributed by atoms with Crippen molar-refractivity contribution in [3.63, 3.8) is 0 Å². The van der Waals surface area contributed by atoms with E-state index in [2.05, 4.69) is 10.6 Å². The molecule has 0 aromatic heterocycles. The third-order valence-corrected chi connectivity index (χ3v) is 3.88. The summed E-state index contributed by atoms with van der Waals surface area (Å²) in [6.07, 6.45) is 0.710. The van der Waals surface area contributed by atoms with E-state index >= 15 is 0 Å². The van der Waals surface area contributed by atoms with E-state index in [1.165, 1.54) is 7.11 Å². The average molecular weight is 369 g/mol. The smallest absolute Gasteiger partial charge is 0.319 e. The lowest BCUT2D eigenvalue weighted by Crippen LogP contribution is -2.30. The first-order valence-electron chi connectivity index (χ1n) is 7.24. The van der Waals surface area contributed by atoms with Crippen LogP contribution in [-0.4, -0.2) is 26.8 Å². The molecule has 0 aliphatic rings. The van der Waals surface area contributed by atoms with Crippen LogP contribution in [0.3, 0.4) is 0 Å². The number of benzene rings is 2. The Kier molecular flexibility index (Phi) is 6.58. The van der Waals surface area contributed by atoms with Crippen LogP contribution in [0.2, 0.25) is 10.0 Å². The van der Waals surface area contributed by atoms with Crippen molar-refractivity contribution in [2.24, 2.45) is 0 Å². The fourth-order valence-corrected chi connectivity index (χ4v) is 2.76. The summed E-state index contributed by atoms with van der Waals surface area (Å²) in [5, 5.41) is 6.13. The molecule has 2 N–H and O–H groups in total. The molecule has 24 heavy (non-hydrogen) atoms.